The average Bonchev–Trinajstić information content (AvgIpc) is 2.59. The van der Waals surface area contributed by atoms with Crippen molar-refractivity contribution >= 4 is 10.1 Å². The second kappa shape index (κ2) is 9.59. The lowest BCUT2D eigenvalue weighted by molar-refractivity contribution is 0.448. The van der Waals surface area contributed by atoms with E-state index in [1.807, 2.05) is 6.07 Å². The largest absolute Gasteiger partial charge is 0.508 e. The van der Waals surface area contributed by atoms with Gasteiger partial charge in [0.25, 0.3) is 10.1 Å². The Labute approximate surface area is 155 Å². The maximum absolute atomic E-state index is 11.0. The molecule has 2 aromatic rings. The van der Waals surface area contributed by atoms with Crippen LogP contribution in [0, 0.1) is 0 Å². The summed E-state index contributed by atoms with van der Waals surface area (Å²) < 4.78 is 36.6. The van der Waals surface area contributed by atoms with Crippen LogP contribution in [0.25, 0.3) is 0 Å². The second-order valence-corrected chi connectivity index (χ2v) is 7.78. The average molecular weight is 378 g/mol. The smallest absolute Gasteiger partial charge is 0.294 e. The summed E-state index contributed by atoms with van der Waals surface area (Å²) in [4.78, 5) is -0.193. The van der Waals surface area contributed by atoms with Crippen molar-refractivity contribution in [1.29, 1.82) is 0 Å². The molecule has 0 aliphatic rings. The Morgan fingerprint density at radius 1 is 0.885 bits per heavy atom. The zero-order valence-electron chi connectivity index (χ0n) is 15.0. The summed E-state index contributed by atoms with van der Waals surface area (Å²) >= 11 is 0. The van der Waals surface area contributed by atoms with E-state index in [4.69, 9.17) is 9.29 Å². The van der Waals surface area contributed by atoms with E-state index in [9.17, 15) is 13.5 Å². The molecule has 2 aromatic carbocycles. The van der Waals surface area contributed by atoms with Crippen LogP contribution in [0.15, 0.2) is 47.4 Å². The molecule has 6 heteroatoms. The SMILES string of the molecule is CCCCCCCCc1ccc(Oc2ccc(S(=O)(=O)O)cc2)cc1O. The van der Waals surface area contributed by atoms with Gasteiger partial charge in [0.15, 0.2) is 0 Å². The molecule has 26 heavy (non-hydrogen) atoms. The second-order valence-electron chi connectivity index (χ2n) is 6.36. The van der Waals surface area contributed by atoms with Gasteiger partial charge in [-0.3, -0.25) is 4.55 Å². The van der Waals surface area contributed by atoms with E-state index in [1.165, 1.54) is 49.9 Å². The van der Waals surface area contributed by atoms with Crippen LogP contribution in [0.1, 0.15) is 51.0 Å². The van der Waals surface area contributed by atoms with E-state index < -0.39 is 10.1 Å². The first-order valence-electron chi connectivity index (χ1n) is 8.97. The molecule has 0 aliphatic heterocycles. The first-order chi connectivity index (χ1) is 12.4. The van der Waals surface area contributed by atoms with Gasteiger partial charge < -0.3 is 9.84 Å². The third kappa shape index (κ3) is 6.35. The fourth-order valence-corrected chi connectivity index (χ4v) is 3.21. The van der Waals surface area contributed by atoms with Crippen molar-refractivity contribution in [3.8, 4) is 17.2 Å². The lowest BCUT2D eigenvalue weighted by Gasteiger charge is -2.09. The Balaban J connectivity index is 1.90. The molecule has 0 atom stereocenters. The lowest BCUT2D eigenvalue weighted by atomic mass is 10.0. The van der Waals surface area contributed by atoms with Crippen molar-refractivity contribution in [1.82, 2.24) is 0 Å². The van der Waals surface area contributed by atoms with Crippen molar-refractivity contribution < 1.29 is 22.8 Å². The standard InChI is InChI=1S/C20H26O5S/c1-2-3-4-5-6-7-8-16-9-10-18(15-20(16)21)25-17-11-13-19(14-12-17)26(22,23)24/h9-15,21H,2-8H2,1H3,(H,22,23,24). The zero-order valence-corrected chi connectivity index (χ0v) is 15.8. The number of hydrogen-bond donors (Lipinski definition) is 2. The van der Waals surface area contributed by atoms with Crippen molar-refractivity contribution in [3.05, 3.63) is 48.0 Å². The number of benzene rings is 2. The highest BCUT2D eigenvalue weighted by molar-refractivity contribution is 7.85. The van der Waals surface area contributed by atoms with E-state index in [0.717, 1.165) is 24.8 Å². The molecule has 142 valence electrons. The maximum Gasteiger partial charge on any atom is 0.294 e. The highest BCUT2D eigenvalue weighted by Gasteiger charge is 2.09. The highest BCUT2D eigenvalue weighted by Crippen LogP contribution is 2.29. The predicted molar refractivity (Wildman–Crippen MR) is 102 cm³/mol. The summed E-state index contributed by atoms with van der Waals surface area (Å²) in [5, 5.41) is 10.2. The van der Waals surface area contributed by atoms with E-state index in [2.05, 4.69) is 6.92 Å². The maximum atomic E-state index is 11.0. The van der Waals surface area contributed by atoms with Gasteiger partial charge in [-0.1, -0.05) is 45.1 Å². The number of unbranched alkanes of at least 4 members (excludes halogenated alkanes) is 5. The van der Waals surface area contributed by atoms with Gasteiger partial charge in [0, 0.05) is 6.07 Å². The minimum absolute atomic E-state index is 0.193. The van der Waals surface area contributed by atoms with E-state index in [1.54, 1.807) is 12.1 Å². The summed E-state index contributed by atoms with van der Waals surface area (Å²) in [7, 11) is -4.22. The number of phenols is 1. The molecule has 2 rings (SSSR count). The summed E-state index contributed by atoms with van der Waals surface area (Å²) in [6.45, 7) is 2.20. The molecule has 2 N–H and O–H groups in total. The Morgan fingerprint density at radius 2 is 1.50 bits per heavy atom. The van der Waals surface area contributed by atoms with Gasteiger partial charge in [-0.15, -0.1) is 0 Å². The fraction of sp³-hybridized carbons (Fsp3) is 0.400. The molecule has 0 bridgehead atoms. The van der Waals surface area contributed by atoms with Crippen molar-refractivity contribution in [3.63, 3.8) is 0 Å². The quantitative estimate of drug-likeness (QED) is 0.431. The monoisotopic (exact) mass is 378 g/mol. The number of phenolic OH excluding ortho intramolecular Hbond substituents is 1. The van der Waals surface area contributed by atoms with Crippen LogP contribution in [0.5, 0.6) is 17.2 Å². The molecule has 0 heterocycles. The summed E-state index contributed by atoms with van der Waals surface area (Å²) in [5.41, 5.74) is 0.898. The molecule has 0 saturated carbocycles. The number of aryl methyl sites for hydroxylation is 1. The molecule has 0 spiro atoms. The van der Waals surface area contributed by atoms with Crippen molar-refractivity contribution in [2.45, 2.75) is 56.8 Å². The number of rotatable bonds is 10. The first-order valence-corrected chi connectivity index (χ1v) is 10.4. The third-order valence-corrected chi connectivity index (χ3v) is 5.08. The van der Waals surface area contributed by atoms with E-state index >= 15 is 0 Å². The van der Waals surface area contributed by atoms with Crippen LogP contribution in [-0.2, 0) is 16.5 Å². The molecular weight excluding hydrogens is 352 g/mol. The van der Waals surface area contributed by atoms with Gasteiger partial charge >= 0.3 is 0 Å². The van der Waals surface area contributed by atoms with E-state index in [-0.39, 0.29) is 10.6 Å². The van der Waals surface area contributed by atoms with Crippen molar-refractivity contribution in [2.24, 2.45) is 0 Å². The van der Waals surface area contributed by atoms with Gasteiger partial charge in [-0.2, -0.15) is 8.42 Å². The van der Waals surface area contributed by atoms with Crippen molar-refractivity contribution in [2.75, 3.05) is 0 Å². The molecule has 0 unspecified atom stereocenters. The van der Waals surface area contributed by atoms with Crippen LogP contribution >= 0.6 is 0 Å². The minimum atomic E-state index is -4.22. The van der Waals surface area contributed by atoms with Crippen LogP contribution in [0.2, 0.25) is 0 Å². The Morgan fingerprint density at radius 3 is 2.12 bits per heavy atom. The Hall–Kier alpha value is -2.05. The Bertz CT molecular complexity index is 797. The van der Waals surface area contributed by atoms with Gasteiger partial charge in [-0.05, 0) is 48.7 Å². The molecule has 0 amide bonds. The fourth-order valence-electron chi connectivity index (χ4n) is 2.73. The van der Waals surface area contributed by atoms with Gasteiger partial charge in [0.2, 0.25) is 0 Å². The predicted octanol–water partition coefficient (Wildman–Crippen LogP) is 5.33. The zero-order chi connectivity index (χ0) is 19.0. The molecule has 0 saturated heterocycles. The van der Waals surface area contributed by atoms with E-state index in [0.29, 0.717) is 11.5 Å². The van der Waals surface area contributed by atoms with Gasteiger partial charge in [-0.25, -0.2) is 0 Å². The van der Waals surface area contributed by atoms with Crippen LogP contribution < -0.4 is 4.74 Å². The Kier molecular flexibility index (Phi) is 7.48. The van der Waals surface area contributed by atoms with Crippen LogP contribution in [0.3, 0.4) is 0 Å². The first kappa shape index (κ1) is 20.3. The summed E-state index contributed by atoms with van der Waals surface area (Å²) in [6, 6.07) is 10.6. The minimum Gasteiger partial charge on any atom is -0.508 e. The lowest BCUT2D eigenvalue weighted by Crippen LogP contribution is -1.97. The number of hydrogen-bond acceptors (Lipinski definition) is 4. The van der Waals surface area contributed by atoms with Gasteiger partial charge in [0.05, 0.1) is 4.90 Å². The van der Waals surface area contributed by atoms with Crippen LogP contribution in [0.4, 0.5) is 0 Å². The topological polar surface area (TPSA) is 83.8 Å². The normalized spacial score (nSPS) is 11.5. The number of ether oxygens (including phenoxy) is 1. The van der Waals surface area contributed by atoms with Crippen LogP contribution in [-0.4, -0.2) is 18.1 Å². The molecule has 0 radical (unpaired) electrons. The third-order valence-electron chi connectivity index (χ3n) is 4.21. The van der Waals surface area contributed by atoms with Gasteiger partial charge in [0.1, 0.15) is 17.2 Å². The highest BCUT2D eigenvalue weighted by atomic mass is 32.2. The summed E-state index contributed by atoms with van der Waals surface area (Å²) in [5.74, 6) is 1.08. The number of aromatic hydroxyl groups is 1. The molecular formula is C20H26O5S. The molecule has 0 aliphatic carbocycles. The summed E-state index contributed by atoms with van der Waals surface area (Å²) in [6.07, 6.45) is 8.07. The molecule has 5 nitrogen and oxygen atoms in total. The molecule has 0 aromatic heterocycles. The molecule has 0 fully saturated rings.